The Hall–Kier alpha value is -5.48. The SMILES string of the molecule is O=C(CC1CC=CCCC(=O)OCC(C(=O)Nc2ccc3ccccc3c2)NC1=O)NC(CO)Cc1ccc(OCc2ccccc2)cc1. The van der Waals surface area contributed by atoms with Crippen molar-refractivity contribution in [3.05, 3.63) is 120 Å². The molecular weight excluding hydrogens is 622 g/mol. The number of fused-ring (bicyclic) bond motifs is 1. The lowest BCUT2D eigenvalue weighted by Crippen LogP contribution is -2.50. The molecule has 3 atom stereocenters. The number of anilines is 1. The second kappa shape index (κ2) is 17.6. The number of hydrogen-bond donors (Lipinski definition) is 4. The molecule has 0 saturated carbocycles. The Morgan fingerprint density at radius 3 is 2.43 bits per heavy atom. The zero-order valence-electron chi connectivity index (χ0n) is 27.2. The Balaban J connectivity index is 1.19. The lowest BCUT2D eigenvalue weighted by molar-refractivity contribution is -0.146. The normalized spacial score (nSPS) is 17.5. The minimum absolute atomic E-state index is 0.118. The molecule has 0 aromatic heterocycles. The molecule has 10 heteroatoms. The van der Waals surface area contributed by atoms with Crippen molar-refractivity contribution in [2.75, 3.05) is 18.5 Å². The van der Waals surface area contributed by atoms with E-state index in [1.807, 2.05) is 91.0 Å². The van der Waals surface area contributed by atoms with E-state index in [2.05, 4.69) is 16.0 Å². The van der Waals surface area contributed by atoms with Gasteiger partial charge in [-0.05, 0) is 65.4 Å². The third-order valence-electron chi connectivity index (χ3n) is 8.21. The molecule has 1 aliphatic rings. The highest BCUT2D eigenvalue weighted by atomic mass is 16.5. The van der Waals surface area contributed by atoms with Crippen LogP contribution in [0.25, 0.3) is 10.8 Å². The molecule has 0 bridgehead atoms. The molecular formula is C39H41N3O7. The first-order chi connectivity index (χ1) is 23.9. The van der Waals surface area contributed by atoms with Crippen molar-refractivity contribution in [3.8, 4) is 5.75 Å². The van der Waals surface area contributed by atoms with Gasteiger partial charge in [-0.2, -0.15) is 0 Å². The maximum atomic E-state index is 13.5. The van der Waals surface area contributed by atoms with Crippen molar-refractivity contribution in [2.45, 2.75) is 50.8 Å². The van der Waals surface area contributed by atoms with Gasteiger partial charge in [-0.25, -0.2) is 0 Å². The van der Waals surface area contributed by atoms with Crippen LogP contribution in [0.4, 0.5) is 5.69 Å². The predicted octanol–water partition coefficient (Wildman–Crippen LogP) is 4.85. The summed E-state index contributed by atoms with van der Waals surface area (Å²) in [7, 11) is 0. The molecule has 3 amide bonds. The topological polar surface area (TPSA) is 143 Å². The van der Waals surface area contributed by atoms with Crippen LogP contribution in [-0.4, -0.2) is 54.1 Å². The van der Waals surface area contributed by atoms with Crippen molar-refractivity contribution < 1.29 is 33.8 Å². The molecule has 4 aromatic rings. The summed E-state index contributed by atoms with van der Waals surface area (Å²) in [6, 6.07) is 28.7. The molecule has 5 rings (SSSR count). The van der Waals surface area contributed by atoms with Crippen LogP contribution < -0.4 is 20.7 Å². The number of allylic oxidation sites excluding steroid dienone is 2. The zero-order valence-corrected chi connectivity index (χ0v) is 27.2. The number of cyclic esters (lactones) is 1. The lowest BCUT2D eigenvalue weighted by Gasteiger charge is -2.23. The molecule has 0 spiro atoms. The highest BCUT2D eigenvalue weighted by Gasteiger charge is 2.29. The second-order valence-electron chi connectivity index (χ2n) is 12.0. The molecule has 1 heterocycles. The fourth-order valence-corrected chi connectivity index (χ4v) is 5.50. The first kappa shape index (κ1) is 34.8. The number of ether oxygens (including phenoxy) is 2. The minimum atomic E-state index is -1.18. The highest BCUT2D eigenvalue weighted by molar-refractivity contribution is 5.99. The Labute approximate surface area is 285 Å². The number of nitrogens with one attached hydrogen (secondary N) is 3. The second-order valence-corrected chi connectivity index (χ2v) is 12.0. The quantitative estimate of drug-likeness (QED) is 0.133. The number of amides is 3. The smallest absolute Gasteiger partial charge is 0.306 e. The number of aliphatic hydroxyl groups excluding tert-OH is 1. The summed E-state index contributed by atoms with van der Waals surface area (Å²) < 4.78 is 11.2. The van der Waals surface area contributed by atoms with Gasteiger partial charge in [0.15, 0.2) is 0 Å². The summed E-state index contributed by atoms with van der Waals surface area (Å²) >= 11 is 0. The summed E-state index contributed by atoms with van der Waals surface area (Å²) in [5.74, 6) is -2.07. The predicted molar refractivity (Wildman–Crippen MR) is 187 cm³/mol. The van der Waals surface area contributed by atoms with Gasteiger partial charge in [0, 0.05) is 18.5 Å². The molecule has 0 aliphatic carbocycles. The van der Waals surface area contributed by atoms with Gasteiger partial charge < -0.3 is 30.5 Å². The summed E-state index contributed by atoms with van der Waals surface area (Å²) in [4.78, 5) is 52.3. The summed E-state index contributed by atoms with van der Waals surface area (Å²) in [5, 5.41) is 20.3. The molecule has 49 heavy (non-hydrogen) atoms. The molecule has 0 radical (unpaired) electrons. The molecule has 3 unspecified atom stereocenters. The van der Waals surface area contributed by atoms with Crippen molar-refractivity contribution in [2.24, 2.45) is 5.92 Å². The average Bonchev–Trinajstić information content (AvgIpc) is 3.11. The Kier molecular flexibility index (Phi) is 12.5. The third-order valence-corrected chi connectivity index (χ3v) is 8.21. The van der Waals surface area contributed by atoms with E-state index in [0.29, 0.717) is 30.9 Å². The van der Waals surface area contributed by atoms with E-state index < -0.39 is 41.7 Å². The number of esters is 1. The molecule has 0 fully saturated rings. The first-order valence-corrected chi connectivity index (χ1v) is 16.4. The first-order valence-electron chi connectivity index (χ1n) is 16.4. The van der Waals surface area contributed by atoms with Crippen molar-refractivity contribution in [1.82, 2.24) is 10.6 Å². The largest absolute Gasteiger partial charge is 0.489 e. The van der Waals surface area contributed by atoms with Gasteiger partial charge in [-0.15, -0.1) is 0 Å². The fourth-order valence-electron chi connectivity index (χ4n) is 5.50. The molecule has 10 nitrogen and oxygen atoms in total. The van der Waals surface area contributed by atoms with E-state index in [-0.39, 0.29) is 32.5 Å². The van der Waals surface area contributed by atoms with Crippen LogP contribution in [0.2, 0.25) is 0 Å². The number of aliphatic hydroxyl groups is 1. The van der Waals surface area contributed by atoms with Gasteiger partial charge in [0.2, 0.25) is 11.8 Å². The van der Waals surface area contributed by atoms with Crippen molar-refractivity contribution in [3.63, 3.8) is 0 Å². The Bertz CT molecular complexity index is 1760. The maximum Gasteiger partial charge on any atom is 0.306 e. The third kappa shape index (κ3) is 10.8. The van der Waals surface area contributed by atoms with Crippen LogP contribution in [0.3, 0.4) is 0 Å². The Morgan fingerprint density at radius 2 is 1.65 bits per heavy atom. The average molecular weight is 664 g/mol. The number of carbonyl (C=O) groups is 4. The van der Waals surface area contributed by atoms with Crippen LogP contribution in [-0.2, 0) is 36.9 Å². The Morgan fingerprint density at radius 1 is 0.898 bits per heavy atom. The lowest BCUT2D eigenvalue weighted by atomic mass is 9.97. The minimum Gasteiger partial charge on any atom is -0.489 e. The van der Waals surface area contributed by atoms with Crippen LogP contribution in [0.5, 0.6) is 5.75 Å². The van der Waals surface area contributed by atoms with E-state index in [1.165, 1.54) is 0 Å². The van der Waals surface area contributed by atoms with Gasteiger partial charge in [-0.1, -0.05) is 84.9 Å². The van der Waals surface area contributed by atoms with Gasteiger partial charge in [0.25, 0.3) is 5.91 Å². The number of rotatable bonds is 11. The van der Waals surface area contributed by atoms with Gasteiger partial charge >= 0.3 is 5.97 Å². The van der Waals surface area contributed by atoms with E-state index in [4.69, 9.17) is 9.47 Å². The van der Waals surface area contributed by atoms with E-state index in [9.17, 15) is 24.3 Å². The highest BCUT2D eigenvalue weighted by Crippen LogP contribution is 2.20. The van der Waals surface area contributed by atoms with Crippen molar-refractivity contribution >= 4 is 40.2 Å². The van der Waals surface area contributed by atoms with E-state index >= 15 is 0 Å². The van der Waals surface area contributed by atoms with Crippen molar-refractivity contribution in [1.29, 1.82) is 0 Å². The zero-order chi connectivity index (χ0) is 34.4. The van der Waals surface area contributed by atoms with Gasteiger partial charge in [-0.3, -0.25) is 19.2 Å². The van der Waals surface area contributed by atoms with E-state index in [1.54, 1.807) is 18.2 Å². The number of hydrogen-bond acceptors (Lipinski definition) is 7. The van der Waals surface area contributed by atoms with Crippen LogP contribution in [0, 0.1) is 5.92 Å². The number of carbonyl (C=O) groups excluding carboxylic acids is 4. The van der Waals surface area contributed by atoms with Gasteiger partial charge in [0.05, 0.1) is 18.6 Å². The standard InChI is InChI=1S/C39H41N3O7/c43-24-33(21-27-15-19-34(20-16-27)48-25-28-9-3-1-4-10-28)40-36(44)23-31-13-5-2-6-14-37(45)49-26-35(42-38(31)46)39(47)41-32-18-17-29-11-7-8-12-30(29)22-32/h1-5,7-12,15-20,22,31,33,35,43H,6,13-14,21,23-26H2,(H,40,44)(H,41,47)(H,42,46). The van der Waals surface area contributed by atoms with Crippen LogP contribution >= 0.6 is 0 Å². The van der Waals surface area contributed by atoms with E-state index in [0.717, 1.165) is 21.9 Å². The monoisotopic (exact) mass is 663 g/mol. The maximum absolute atomic E-state index is 13.5. The molecule has 0 saturated heterocycles. The summed E-state index contributed by atoms with van der Waals surface area (Å²) in [6.45, 7) is -0.201. The molecule has 4 aromatic carbocycles. The summed E-state index contributed by atoms with van der Waals surface area (Å²) in [5.41, 5.74) is 2.48. The van der Waals surface area contributed by atoms with Gasteiger partial charge in [0.1, 0.15) is 25.0 Å². The van der Waals surface area contributed by atoms with Crippen LogP contribution in [0.15, 0.2) is 109 Å². The molecule has 1 aliphatic heterocycles. The number of benzene rings is 4. The molecule has 254 valence electrons. The molecule has 4 N–H and O–H groups in total. The summed E-state index contributed by atoms with van der Waals surface area (Å²) in [6.07, 6.45) is 4.47. The van der Waals surface area contributed by atoms with Crippen LogP contribution in [0.1, 0.15) is 36.8 Å². The fraction of sp³-hybridized carbons (Fsp3) is 0.282.